The summed E-state index contributed by atoms with van der Waals surface area (Å²) in [5, 5.41) is 8.62. The molecular formula is C17H25N3O2S. The molecule has 0 unspecified atom stereocenters. The molecule has 3 N–H and O–H groups in total. The van der Waals surface area contributed by atoms with Crippen molar-refractivity contribution in [1.82, 2.24) is 10.6 Å². The van der Waals surface area contributed by atoms with Crippen LogP contribution in [-0.4, -0.2) is 23.5 Å². The van der Waals surface area contributed by atoms with E-state index in [1.807, 2.05) is 19.9 Å². The summed E-state index contributed by atoms with van der Waals surface area (Å²) in [6, 6.07) is 7.09. The number of benzene rings is 1. The fourth-order valence-corrected chi connectivity index (χ4v) is 2.19. The van der Waals surface area contributed by atoms with Crippen molar-refractivity contribution in [2.75, 3.05) is 11.9 Å². The summed E-state index contributed by atoms with van der Waals surface area (Å²) in [6.07, 6.45) is 2.36. The highest BCUT2D eigenvalue weighted by molar-refractivity contribution is 7.80. The minimum Gasteiger partial charge on any atom is -0.352 e. The molecule has 0 fully saturated rings. The number of unbranched alkanes of at least 4 members (excludes halogenated alkanes) is 1. The number of hydrogen-bond donors (Lipinski definition) is 3. The van der Waals surface area contributed by atoms with Crippen LogP contribution in [0.4, 0.5) is 5.69 Å². The van der Waals surface area contributed by atoms with Gasteiger partial charge in [-0.05, 0) is 36.7 Å². The van der Waals surface area contributed by atoms with Gasteiger partial charge in [-0.25, -0.2) is 0 Å². The smallest absolute Gasteiger partial charge is 0.253 e. The van der Waals surface area contributed by atoms with Crippen molar-refractivity contribution >= 4 is 34.8 Å². The highest BCUT2D eigenvalue weighted by Gasteiger charge is 2.12. The predicted molar refractivity (Wildman–Crippen MR) is 97.5 cm³/mol. The predicted octanol–water partition coefficient (Wildman–Crippen LogP) is 3.08. The highest BCUT2D eigenvalue weighted by Crippen LogP contribution is 2.15. The van der Waals surface area contributed by atoms with E-state index in [1.54, 1.807) is 18.2 Å². The topological polar surface area (TPSA) is 70.2 Å². The Labute approximate surface area is 143 Å². The first-order chi connectivity index (χ1) is 10.9. The first-order valence-corrected chi connectivity index (χ1v) is 8.33. The lowest BCUT2D eigenvalue weighted by Crippen LogP contribution is -2.35. The Morgan fingerprint density at radius 3 is 2.57 bits per heavy atom. The molecule has 23 heavy (non-hydrogen) atoms. The Morgan fingerprint density at radius 2 is 1.91 bits per heavy atom. The van der Waals surface area contributed by atoms with Crippen LogP contribution < -0.4 is 16.0 Å². The number of rotatable bonds is 7. The zero-order valence-electron chi connectivity index (χ0n) is 13.9. The maximum Gasteiger partial charge on any atom is 0.253 e. The van der Waals surface area contributed by atoms with E-state index in [0.717, 1.165) is 12.8 Å². The normalized spacial score (nSPS) is 10.3. The van der Waals surface area contributed by atoms with Crippen molar-refractivity contribution in [3.63, 3.8) is 0 Å². The molecule has 5 nitrogen and oxygen atoms in total. The zero-order chi connectivity index (χ0) is 17.2. The van der Waals surface area contributed by atoms with E-state index in [9.17, 15) is 9.59 Å². The Balaban J connectivity index is 2.68. The highest BCUT2D eigenvalue weighted by atomic mass is 32.1. The summed E-state index contributed by atoms with van der Waals surface area (Å²) in [5.41, 5.74) is 1.08. The molecule has 0 atom stereocenters. The molecule has 0 aliphatic heterocycles. The summed E-state index contributed by atoms with van der Waals surface area (Å²) in [5.74, 6) is -0.0327. The van der Waals surface area contributed by atoms with Crippen LogP contribution in [0.2, 0.25) is 0 Å². The minimum atomic E-state index is -0.155. The molecular weight excluding hydrogens is 310 g/mol. The van der Waals surface area contributed by atoms with Crippen molar-refractivity contribution in [2.45, 2.75) is 40.0 Å². The zero-order valence-corrected chi connectivity index (χ0v) is 14.8. The molecule has 2 amide bonds. The van der Waals surface area contributed by atoms with Gasteiger partial charge >= 0.3 is 0 Å². The largest absolute Gasteiger partial charge is 0.352 e. The van der Waals surface area contributed by atoms with Crippen LogP contribution >= 0.6 is 12.2 Å². The van der Waals surface area contributed by atoms with Crippen molar-refractivity contribution in [3.8, 4) is 0 Å². The molecule has 0 radical (unpaired) electrons. The molecule has 6 heteroatoms. The van der Waals surface area contributed by atoms with Crippen molar-refractivity contribution in [1.29, 1.82) is 0 Å². The van der Waals surface area contributed by atoms with E-state index in [0.29, 0.717) is 24.2 Å². The van der Waals surface area contributed by atoms with Gasteiger partial charge in [0.05, 0.1) is 11.3 Å². The van der Waals surface area contributed by atoms with Gasteiger partial charge in [0, 0.05) is 13.0 Å². The van der Waals surface area contributed by atoms with E-state index in [2.05, 4.69) is 22.9 Å². The fraction of sp³-hybridized carbons (Fsp3) is 0.471. The van der Waals surface area contributed by atoms with Gasteiger partial charge in [-0.3, -0.25) is 9.59 Å². The first-order valence-electron chi connectivity index (χ1n) is 7.92. The van der Waals surface area contributed by atoms with Gasteiger partial charge in [-0.2, -0.15) is 0 Å². The number of hydrogen-bond acceptors (Lipinski definition) is 3. The molecule has 0 aliphatic carbocycles. The quantitative estimate of drug-likeness (QED) is 0.529. The maximum absolute atomic E-state index is 12.2. The van der Waals surface area contributed by atoms with E-state index < -0.39 is 0 Å². The third kappa shape index (κ3) is 7.23. The molecule has 1 aromatic carbocycles. The average Bonchev–Trinajstić information content (AvgIpc) is 2.46. The number of thiocarbonyl (C=S) groups is 1. The third-order valence-electron chi connectivity index (χ3n) is 3.08. The number of nitrogens with one attached hydrogen (secondary N) is 3. The number of carbonyl (C=O) groups is 2. The van der Waals surface area contributed by atoms with E-state index in [4.69, 9.17) is 12.2 Å². The summed E-state index contributed by atoms with van der Waals surface area (Å²) < 4.78 is 0. The molecule has 1 aromatic rings. The Hall–Kier alpha value is -1.95. The fourth-order valence-electron chi connectivity index (χ4n) is 1.97. The maximum atomic E-state index is 12.2. The molecule has 0 saturated carbocycles. The van der Waals surface area contributed by atoms with Crippen molar-refractivity contribution in [3.05, 3.63) is 29.8 Å². The first kappa shape index (κ1) is 19.1. The molecule has 0 bridgehead atoms. The van der Waals surface area contributed by atoms with Gasteiger partial charge in [-0.15, -0.1) is 0 Å². The van der Waals surface area contributed by atoms with Gasteiger partial charge in [-0.1, -0.05) is 39.3 Å². The van der Waals surface area contributed by atoms with Crippen LogP contribution in [0.15, 0.2) is 24.3 Å². The van der Waals surface area contributed by atoms with E-state index in [-0.39, 0.29) is 22.8 Å². The summed E-state index contributed by atoms with van der Waals surface area (Å²) in [6.45, 7) is 6.64. The van der Waals surface area contributed by atoms with Crippen LogP contribution in [0.5, 0.6) is 0 Å². The average molecular weight is 335 g/mol. The van der Waals surface area contributed by atoms with Crippen LogP contribution in [0, 0.1) is 5.92 Å². The standard InChI is InChI=1S/C17H25N3O2S/c1-4-5-10-18-16(22)13-8-6-7-9-14(13)19-17(23)20-15(21)11-12(2)3/h6-9,12H,4-5,10-11H2,1-3H3,(H,18,22)(H2,19,20,21,23). The van der Waals surface area contributed by atoms with Crippen LogP contribution in [-0.2, 0) is 4.79 Å². The minimum absolute atomic E-state index is 0.137. The molecule has 0 aromatic heterocycles. The number of carbonyl (C=O) groups excluding carboxylic acids is 2. The van der Waals surface area contributed by atoms with Crippen molar-refractivity contribution < 1.29 is 9.59 Å². The summed E-state index contributed by atoms with van der Waals surface area (Å²) in [7, 11) is 0. The molecule has 0 saturated heterocycles. The molecule has 0 aliphatic rings. The number of para-hydroxylation sites is 1. The monoisotopic (exact) mass is 335 g/mol. The second kappa shape index (κ2) is 9.94. The molecule has 126 valence electrons. The van der Waals surface area contributed by atoms with Gasteiger partial charge < -0.3 is 16.0 Å². The lowest BCUT2D eigenvalue weighted by atomic mass is 10.1. The SMILES string of the molecule is CCCCNC(=O)c1ccccc1NC(=S)NC(=O)CC(C)C. The summed E-state index contributed by atoms with van der Waals surface area (Å²) >= 11 is 5.14. The molecule has 1 rings (SSSR count). The van der Waals surface area contributed by atoms with Gasteiger partial charge in [0.25, 0.3) is 5.91 Å². The second-order valence-electron chi connectivity index (χ2n) is 5.76. The Morgan fingerprint density at radius 1 is 1.22 bits per heavy atom. The van der Waals surface area contributed by atoms with Gasteiger partial charge in [0.2, 0.25) is 5.91 Å². The lowest BCUT2D eigenvalue weighted by molar-refractivity contribution is -0.120. The van der Waals surface area contributed by atoms with Crippen LogP contribution in [0.1, 0.15) is 50.4 Å². The summed E-state index contributed by atoms with van der Waals surface area (Å²) in [4.78, 5) is 23.9. The van der Waals surface area contributed by atoms with E-state index in [1.165, 1.54) is 0 Å². The number of amides is 2. The molecule has 0 heterocycles. The Bertz CT molecular complexity index is 559. The van der Waals surface area contributed by atoms with Gasteiger partial charge in [0.1, 0.15) is 0 Å². The second-order valence-corrected chi connectivity index (χ2v) is 6.16. The van der Waals surface area contributed by atoms with Crippen LogP contribution in [0.25, 0.3) is 0 Å². The van der Waals surface area contributed by atoms with E-state index >= 15 is 0 Å². The Kier molecular flexibility index (Phi) is 8.26. The number of anilines is 1. The molecule has 0 spiro atoms. The third-order valence-corrected chi connectivity index (χ3v) is 3.29. The van der Waals surface area contributed by atoms with Gasteiger partial charge in [0.15, 0.2) is 5.11 Å². The lowest BCUT2D eigenvalue weighted by Gasteiger charge is -2.14. The van der Waals surface area contributed by atoms with Crippen LogP contribution in [0.3, 0.4) is 0 Å². The van der Waals surface area contributed by atoms with Crippen molar-refractivity contribution in [2.24, 2.45) is 5.92 Å².